The van der Waals surface area contributed by atoms with Crippen LogP contribution in [0.3, 0.4) is 0 Å². The van der Waals surface area contributed by atoms with Crippen molar-refractivity contribution in [2.75, 3.05) is 0 Å². The van der Waals surface area contributed by atoms with E-state index in [2.05, 4.69) is 46.9 Å². The minimum absolute atomic E-state index is 0.769. The van der Waals surface area contributed by atoms with Crippen LogP contribution in [0.4, 0.5) is 0 Å². The summed E-state index contributed by atoms with van der Waals surface area (Å²) in [5, 5.41) is 1.37. The highest BCUT2D eigenvalue weighted by Crippen LogP contribution is 2.46. The molecule has 1 aliphatic rings. The highest BCUT2D eigenvalue weighted by atomic mass is 79.9. The predicted octanol–water partition coefficient (Wildman–Crippen LogP) is 4.42. The van der Waals surface area contributed by atoms with Crippen molar-refractivity contribution in [2.24, 2.45) is 0 Å². The molecule has 2 heteroatoms. The minimum atomic E-state index is 0.769. The second kappa shape index (κ2) is 3.11. The van der Waals surface area contributed by atoms with Crippen LogP contribution in [0.15, 0.2) is 16.6 Å². The first-order valence-electron chi connectivity index (χ1n) is 5.45. The summed E-state index contributed by atoms with van der Waals surface area (Å²) in [6.07, 6.45) is 2.67. The lowest BCUT2D eigenvalue weighted by Crippen LogP contribution is -1.79. The first-order chi connectivity index (χ1) is 7.18. The molecule has 1 N–H and O–H groups in total. The molecular weight excluding hydrogens is 250 g/mol. The fourth-order valence-electron chi connectivity index (χ4n) is 2.23. The Kier molecular flexibility index (Phi) is 1.96. The first-order valence-corrected chi connectivity index (χ1v) is 6.25. The molecule has 0 spiro atoms. The number of rotatable bonds is 1. The van der Waals surface area contributed by atoms with Crippen LogP contribution in [0.25, 0.3) is 10.9 Å². The molecule has 0 aliphatic heterocycles. The van der Waals surface area contributed by atoms with Gasteiger partial charge < -0.3 is 4.98 Å². The number of aryl methyl sites for hydroxylation is 2. The van der Waals surface area contributed by atoms with Crippen molar-refractivity contribution in [1.29, 1.82) is 0 Å². The summed E-state index contributed by atoms with van der Waals surface area (Å²) in [5.41, 5.74) is 5.40. The summed E-state index contributed by atoms with van der Waals surface area (Å²) < 4.78 is 1.29. The fraction of sp³-hybridized carbons (Fsp3) is 0.385. The number of benzene rings is 1. The maximum absolute atomic E-state index is 3.75. The molecule has 0 saturated heterocycles. The molecule has 0 bridgehead atoms. The highest BCUT2D eigenvalue weighted by Gasteiger charge is 2.28. The van der Waals surface area contributed by atoms with Gasteiger partial charge in [-0.05, 0) is 53.7 Å². The van der Waals surface area contributed by atoms with Gasteiger partial charge >= 0.3 is 0 Å². The van der Waals surface area contributed by atoms with E-state index in [1.54, 1.807) is 0 Å². The summed E-state index contributed by atoms with van der Waals surface area (Å²) in [4.78, 5) is 3.59. The Labute approximate surface area is 98.0 Å². The zero-order chi connectivity index (χ0) is 10.6. The second-order valence-corrected chi connectivity index (χ2v) is 5.37. The summed E-state index contributed by atoms with van der Waals surface area (Å²) in [6, 6.07) is 4.39. The quantitative estimate of drug-likeness (QED) is 0.784. The molecule has 1 aromatic carbocycles. The van der Waals surface area contributed by atoms with Crippen LogP contribution in [0.2, 0.25) is 0 Å². The van der Waals surface area contributed by atoms with Crippen LogP contribution in [0, 0.1) is 13.8 Å². The maximum atomic E-state index is 3.75. The Morgan fingerprint density at radius 2 is 1.87 bits per heavy atom. The molecule has 1 heterocycles. The van der Waals surface area contributed by atoms with Crippen molar-refractivity contribution < 1.29 is 0 Å². The summed E-state index contributed by atoms with van der Waals surface area (Å²) in [6.45, 7) is 4.35. The van der Waals surface area contributed by atoms with Gasteiger partial charge in [0.15, 0.2) is 0 Å². The maximum Gasteiger partial charge on any atom is 0.0500 e. The number of halogens is 1. The molecule has 2 aromatic rings. The summed E-state index contributed by atoms with van der Waals surface area (Å²) >= 11 is 3.75. The van der Waals surface area contributed by atoms with E-state index in [0.717, 1.165) is 5.92 Å². The van der Waals surface area contributed by atoms with Crippen molar-refractivity contribution in [3.8, 4) is 0 Å². The van der Waals surface area contributed by atoms with Gasteiger partial charge in [0.05, 0.1) is 0 Å². The highest BCUT2D eigenvalue weighted by molar-refractivity contribution is 9.10. The van der Waals surface area contributed by atoms with Crippen LogP contribution >= 0.6 is 15.9 Å². The smallest absolute Gasteiger partial charge is 0.0500 e. The average Bonchev–Trinajstić information content (AvgIpc) is 2.98. The lowest BCUT2D eigenvalue weighted by atomic mass is 10.1. The van der Waals surface area contributed by atoms with E-state index in [9.17, 15) is 0 Å². The Balaban J connectivity index is 2.38. The molecule has 1 fully saturated rings. The number of aromatic nitrogens is 1. The normalized spacial score (nSPS) is 16.2. The standard InChI is InChI=1S/C13H14BrN/c1-7-3-4-8(2)12-10(7)11(14)13(15-12)9-5-6-9/h3-4,9,15H,5-6H2,1-2H3. The third-order valence-corrected chi connectivity index (χ3v) is 4.15. The van der Waals surface area contributed by atoms with E-state index >= 15 is 0 Å². The van der Waals surface area contributed by atoms with Crippen LogP contribution in [0.1, 0.15) is 35.6 Å². The van der Waals surface area contributed by atoms with Gasteiger partial charge in [0.25, 0.3) is 0 Å². The van der Waals surface area contributed by atoms with E-state index in [4.69, 9.17) is 0 Å². The minimum Gasteiger partial charge on any atom is -0.357 e. The molecule has 3 rings (SSSR count). The van der Waals surface area contributed by atoms with Gasteiger partial charge in [-0.25, -0.2) is 0 Å². The zero-order valence-electron chi connectivity index (χ0n) is 9.02. The Morgan fingerprint density at radius 3 is 2.47 bits per heavy atom. The van der Waals surface area contributed by atoms with E-state index < -0.39 is 0 Å². The Morgan fingerprint density at radius 1 is 1.20 bits per heavy atom. The van der Waals surface area contributed by atoms with Crippen molar-refractivity contribution in [1.82, 2.24) is 4.98 Å². The predicted molar refractivity (Wildman–Crippen MR) is 67.4 cm³/mol. The number of hydrogen-bond donors (Lipinski definition) is 1. The lowest BCUT2D eigenvalue weighted by Gasteiger charge is -1.99. The molecule has 15 heavy (non-hydrogen) atoms. The van der Waals surface area contributed by atoms with E-state index in [-0.39, 0.29) is 0 Å². The van der Waals surface area contributed by atoms with Crippen molar-refractivity contribution in [3.05, 3.63) is 33.4 Å². The number of H-pyrrole nitrogens is 1. The van der Waals surface area contributed by atoms with E-state index in [0.29, 0.717) is 0 Å². The molecule has 0 unspecified atom stereocenters. The number of nitrogens with one attached hydrogen (secondary N) is 1. The fourth-order valence-corrected chi connectivity index (χ4v) is 3.17. The van der Waals surface area contributed by atoms with Crippen LogP contribution in [-0.2, 0) is 0 Å². The molecule has 0 atom stereocenters. The van der Waals surface area contributed by atoms with Crippen molar-refractivity contribution in [2.45, 2.75) is 32.6 Å². The van der Waals surface area contributed by atoms with Crippen molar-refractivity contribution >= 4 is 26.8 Å². The topological polar surface area (TPSA) is 15.8 Å². The van der Waals surface area contributed by atoms with Gasteiger partial charge in [-0.3, -0.25) is 0 Å². The van der Waals surface area contributed by atoms with Crippen LogP contribution in [-0.4, -0.2) is 4.98 Å². The van der Waals surface area contributed by atoms with Crippen molar-refractivity contribution in [3.63, 3.8) is 0 Å². The largest absolute Gasteiger partial charge is 0.357 e. The average molecular weight is 264 g/mol. The molecule has 1 aromatic heterocycles. The summed E-state index contributed by atoms with van der Waals surface area (Å²) in [7, 11) is 0. The van der Waals surface area contributed by atoms with Gasteiger partial charge in [-0.1, -0.05) is 12.1 Å². The molecule has 0 amide bonds. The molecule has 1 aliphatic carbocycles. The van der Waals surface area contributed by atoms with E-state index in [1.165, 1.54) is 45.0 Å². The van der Waals surface area contributed by atoms with Crippen LogP contribution < -0.4 is 0 Å². The monoisotopic (exact) mass is 263 g/mol. The molecule has 0 radical (unpaired) electrons. The van der Waals surface area contributed by atoms with Gasteiger partial charge in [0.2, 0.25) is 0 Å². The Hall–Kier alpha value is -0.760. The third-order valence-electron chi connectivity index (χ3n) is 3.32. The van der Waals surface area contributed by atoms with Gasteiger partial charge in [0.1, 0.15) is 0 Å². The van der Waals surface area contributed by atoms with Gasteiger partial charge in [-0.2, -0.15) is 0 Å². The van der Waals surface area contributed by atoms with Gasteiger partial charge in [-0.15, -0.1) is 0 Å². The molecule has 1 nitrogen and oxygen atoms in total. The SMILES string of the molecule is Cc1ccc(C)c2c(Br)c(C3CC3)[nH]c12. The van der Waals surface area contributed by atoms with Crippen LogP contribution in [0.5, 0.6) is 0 Å². The molecule has 78 valence electrons. The van der Waals surface area contributed by atoms with E-state index in [1.807, 2.05) is 0 Å². The second-order valence-electron chi connectivity index (χ2n) is 4.58. The molecular formula is C13H14BrN. The number of hydrogen-bond acceptors (Lipinski definition) is 0. The zero-order valence-corrected chi connectivity index (χ0v) is 10.6. The Bertz CT molecular complexity index is 535. The van der Waals surface area contributed by atoms with Gasteiger partial charge in [0, 0.05) is 27.0 Å². The summed E-state index contributed by atoms with van der Waals surface area (Å²) in [5.74, 6) is 0.769. The third kappa shape index (κ3) is 1.35. The molecule has 1 saturated carbocycles. The lowest BCUT2D eigenvalue weighted by molar-refractivity contribution is 1.05. The number of aromatic amines is 1. The number of fused-ring (bicyclic) bond motifs is 1. The first kappa shape index (κ1) is 9.46.